The summed E-state index contributed by atoms with van der Waals surface area (Å²) in [6, 6.07) is 7.84. The van der Waals surface area contributed by atoms with Crippen LogP contribution in [0.3, 0.4) is 0 Å². The molecule has 2 aromatic rings. The topological polar surface area (TPSA) is 75.3 Å². The third-order valence-electron chi connectivity index (χ3n) is 3.68. The molecule has 1 aliphatic rings. The van der Waals surface area contributed by atoms with Gasteiger partial charge < -0.3 is 15.2 Å². The van der Waals surface area contributed by atoms with Crippen LogP contribution in [0.15, 0.2) is 33.8 Å². The number of aliphatic imine (C=N–C) groups is 1. The predicted octanol–water partition coefficient (Wildman–Crippen LogP) is 3.57. The van der Waals surface area contributed by atoms with E-state index in [-0.39, 0.29) is 24.0 Å². The first kappa shape index (κ1) is 20.3. The SMILES string of the molecule is CN=C(NCc1nc(-c2cccc(Cl)c2)no1)NC1CCCSC1.I. The van der Waals surface area contributed by atoms with Gasteiger partial charge in [-0.2, -0.15) is 16.7 Å². The molecule has 2 N–H and O–H groups in total. The number of hydrogen-bond donors (Lipinski definition) is 2. The van der Waals surface area contributed by atoms with Crippen molar-refractivity contribution in [3.05, 3.63) is 35.2 Å². The average Bonchev–Trinajstić information content (AvgIpc) is 3.08. The molecule has 0 spiro atoms. The summed E-state index contributed by atoms with van der Waals surface area (Å²) >= 11 is 7.97. The molecule has 1 aromatic heterocycles. The van der Waals surface area contributed by atoms with Gasteiger partial charge in [0.15, 0.2) is 5.96 Å². The maximum Gasteiger partial charge on any atom is 0.246 e. The molecule has 9 heteroatoms. The summed E-state index contributed by atoms with van der Waals surface area (Å²) in [5, 5.41) is 11.3. The Morgan fingerprint density at radius 2 is 2.36 bits per heavy atom. The standard InChI is InChI=1S/C16H20ClN5OS.HI/c1-18-16(20-13-6-3-7-24-10-13)19-9-14-21-15(22-23-14)11-4-2-5-12(17)8-11;/h2,4-5,8,13H,3,6-7,9-10H2,1H3,(H2,18,19,20);1H. The number of halogens is 2. The van der Waals surface area contributed by atoms with E-state index in [9.17, 15) is 0 Å². The third kappa shape index (κ3) is 6.03. The molecule has 25 heavy (non-hydrogen) atoms. The van der Waals surface area contributed by atoms with Gasteiger partial charge in [-0.05, 0) is 30.7 Å². The van der Waals surface area contributed by atoms with Crippen molar-refractivity contribution in [2.24, 2.45) is 4.99 Å². The van der Waals surface area contributed by atoms with Crippen LogP contribution in [0.5, 0.6) is 0 Å². The molecule has 2 heterocycles. The lowest BCUT2D eigenvalue weighted by Crippen LogP contribution is -2.45. The Morgan fingerprint density at radius 1 is 1.48 bits per heavy atom. The summed E-state index contributed by atoms with van der Waals surface area (Å²) in [5.41, 5.74) is 0.833. The number of nitrogens with one attached hydrogen (secondary N) is 2. The van der Waals surface area contributed by atoms with E-state index in [0.717, 1.165) is 17.3 Å². The molecule has 1 atom stereocenters. The first-order valence-corrected chi connectivity index (χ1v) is 9.41. The molecule has 0 radical (unpaired) electrons. The molecule has 1 aliphatic heterocycles. The fourth-order valence-corrected chi connectivity index (χ4v) is 3.74. The van der Waals surface area contributed by atoms with Crippen LogP contribution in [0.25, 0.3) is 11.4 Å². The minimum Gasteiger partial charge on any atom is -0.353 e. The van der Waals surface area contributed by atoms with E-state index in [0.29, 0.717) is 29.3 Å². The van der Waals surface area contributed by atoms with Crippen LogP contribution in [0, 0.1) is 0 Å². The lowest BCUT2D eigenvalue weighted by atomic mass is 10.2. The van der Waals surface area contributed by atoms with Crippen molar-refractivity contribution in [1.82, 2.24) is 20.8 Å². The molecule has 0 bridgehead atoms. The zero-order valence-corrected chi connectivity index (χ0v) is 17.8. The fourth-order valence-electron chi connectivity index (χ4n) is 2.47. The predicted molar refractivity (Wildman–Crippen MR) is 114 cm³/mol. The van der Waals surface area contributed by atoms with E-state index in [4.69, 9.17) is 16.1 Å². The first-order valence-electron chi connectivity index (χ1n) is 7.88. The second-order valence-corrected chi connectivity index (χ2v) is 7.09. The monoisotopic (exact) mass is 493 g/mol. The van der Waals surface area contributed by atoms with E-state index < -0.39 is 0 Å². The molecule has 0 saturated carbocycles. The number of rotatable bonds is 4. The molecule has 0 aliphatic carbocycles. The third-order valence-corrected chi connectivity index (χ3v) is 5.13. The number of aromatic nitrogens is 2. The summed E-state index contributed by atoms with van der Waals surface area (Å²) in [4.78, 5) is 8.64. The van der Waals surface area contributed by atoms with Crippen LogP contribution in [-0.2, 0) is 6.54 Å². The van der Waals surface area contributed by atoms with Gasteiger partial charge in [-0.1, -0.05) is 28.9 Å². The first-order chi connectivity index (χ1) is 11.7. The molecule has 1 aromatic carbocycles. The normalized spacial score (nSPS) is 17.7. The van der Waals surface area contributed by atoms with Crippen molar-refractivity contribution in [3.8, 4) is 11.4 Å². The number of thioether (sulfide) groups is 1. The van der Waals surface area contributed by atoms with Crippen molar-refractivity contribution in [3.63, 3.8) is 0 Å². The quantitative estimate of drug-likeness (QED) is 0.385. The Labute approximate surface area is 173 Å². The van der Waals surface area contributed by atoms with E-state index in [1.165, 1.54) is 18.6 Å². The van der Waals surface area contributed by atoms with Gasteiger partial charge in [0.1, 0.15) is 0 Å². The molecule has 3 rings (SSSR count). The highest BCUT2D eigenvalue weighted by Gasteiger charge is 2.15. The molecular formula is C16H21ClIN5OS. The molecule has 6 nitrogen and oxygen atoms in total. The van der Waals surface area contributed by atoms with Crippen molar-refractivity contribution in [2.75, 3.05) is 18.6 Å². The second-order valence-electron chi connectivity index (χ2n) is 5.51. The van der Waals surface area contributed by atoms with Crippen LogP contribution in [0.2, 0.25) is 5.02 Å². The summed E-state index contributed by atoms with van der Waals surface area (Å²) in [5.74, 6) is 4.15. The van der Waals surface area contributed by atoms with E-state index in [1.807, 2.05) is 36.0 Å². The minimum absolute atomic E-state index is 0. The van der Waals surface area contributed by atoms with Crippen LogP contribution in [0.1, 0.15) is 18.7 Å². The van der Waals surface area contributed by atoms with Crippen molar-refractivity contribution >= 4 is 53.3 Å². The molecule has 1 saturated heterocycles. The smallest absolute Gasteiger partial charge is 0.246 e. The van der Waals surface area contributed by atoms with Gasteiger partial charge in [0.2, 0.25) is 11.7 Å². The van der Waals surface area contributed by atoms with Gasteiger partial charge in [-0.15, -0.1) is 24.0 Å². The Balaban J connectivity index is 0.00000225. The lowest BCUT2D eigenvalue weighted by molar-refractivity contribution is 0.375. The van der Waals surface area contributed by atoms with Gasteiger partial charge in [0, 0.05) is 29.4 Å². The van der Waals surface area contributed by atoms with Crippen LogP contribution < -0.4 is 10.6 Å². The number of benzene rings is 1. The zero-order chi connectivity index (χ0) is 16.8. The Hall–Kier alpha value is -1.000. The van der Waals surface area contributed by atoms with Gasteiger partial charge in [0.05, 0.1) is 6.54 Å². The molecule has 1 unspecified atom stereocenters. The number of nitrogens with zero attached hydrogens (tertiary/aromatic N) is 3. The Bertz CT molecular complexity index is 705. The van der Waals surface area contributed by atoms with E-state index >= 15 is 0 Å². The summed E-state index contributed by atoms with van der Waals surface area (Å²) in [7, 11) is 1.76. The van der Waals surface area contributed by atoms with Gasteiger partial charge >= 0.3 is 0 Å². The Kier molecular flexibility index (Phi) is 8.31. The van der Waals surface area contributed by atoms with E-state index in [1.54, 1.807) is 7.05 Å². The highest BCUT2D eigenvalue weighted by atomic mass is 127. The summed E-state index contributed by atoms with van der Waals surface area (Å²) in [6.45, 7) is 0.424. The molecule has 1 fully saturated rings. The highest BCUT2D eigenvalue weighted by Crippen LogP contribution is 2.20. The van der Waals surface area contributed by atoms with E-state index in [2.05, 4.69) is 25.8 Å². The Morgan fingerprint density at radius 3 is 3.08 bits per heavy atom. The summed E-state index contributed by atoms with van der Waals surface area (Å²) < 4.78 is 5.29. The van der Waals surface area contributed by atoms with Crippen molar-refractivity contribution in [2.45, 2.75) is 25.4 Å². The van der Waals surface area contributed by atoms with Gasteiger partial charge in [0.25, 0.3) is 0 Å². The largest absolute Gasteiger partial charge is 0.353 e. The summed E-state index contributed by atoms with van der Waals surface area (Å²) in [6.07, 6.45) is 2.42. The van der Waals surface area contributed by atoms with Crippen LogP contribution in [-0.4, -0.2) is 40.7 Å². The van der Waals surface area contributed by atoms with Crippen LogP contribution in [0.4, 0.5) is 0 Å². The minimum atomic E-state index is 0. The molecule has 136 valence electrons. The highest BCUT2D eigenvalue weighted by molar-refractivity contribution is 14.0. The van der Waals surface area contributed by atoms with Gasteiger partial charge in [-0.3, -0.25) is 4.99 Å². The second kappa shape index (κ2) is 10.2. The van der Waals surface area contributed by atoms with Gasteiger partial charge in [-0.25, -0.2) is 0 Å². The van der Waals surface area contributed by atoms with Crippen LogP contribution >= 0.6 is 47.3 Å². The van der Waals surface area contributed by atoms with Crippen molar-refractivity contribution in [1.29, 1.82) is 0 Å². The maximum atomic E-state index is 5.99. The molecule has 0 amide bonds. The number of guanidine groups is 1. The van der Waals surface area contributed by atoms with Crippen molar-refractivity contribution < 1.29 is 4.52 Å². The fraction of sp³-hybridized carbons (Fsp3) is 0.438. The molecular weight excluding hydrogens is 473 g/mol. The number of hydrogen-bond acceptors (Lipinski definition) is 5. The lowest BCUT2D eigenvalue weighted by Gasteiger charge is -2.24. The average molecular weight is 494 g/mol. The maximum absolute atomic E-state index is 5.99. The zero-order valence-electron chi connectivity index (χ0n) is 13.9.